The molecule has 0 amide bonds. The van der Waals surface area contributed by atoms with Crippen LogP contribution in [0.3, 0.4) is 0 Å². The molecule has 0 saturated heterocycles. The van der Waals surface area contributed by atoms with E-state index < -0.39 is 18.4 Å². The molecule has 0 fully saturated rings. The summed E-state index contributed by atoms with van der Waals surface area (Å²) in [6.45, 7) is 2.90. The van der Waals surface area contributed by atoms with Crippen LogP contribution in [0.25, 0.3) is 0 Å². The molecule has 4 nitrogen and oxygen atoms in total. The molecule has 0 bridgehead atoms. The van der Waals surface area contributed by atoms with Gasteiger partial charge in [-0.3, -0.25) is 9.59 Å². The van der Waals surface area contributed by atoms with Gasteiger partial charge >= 0.3 is 5.97 Å². The van der Waals surface area contributed by atoms with Crippen LogP contribution < -0.4 is 0 Å². The van der Waals surface area contributed by atoms with E-state index in [1.807, 2.05) is 0 Å². The average Bonchev–Trinajstić information content (AvgIpc) is 1.96. The molecule has 1 aliphatic heterocycles. The van der Waals surface area contributed by atoms with Crippen LogP contribution in [0.1, 0.15) is 13.8 Å². The highest BCUT2D eigenvalue weighted by Gasteiger charge is 2.22. The second kappa shape index (κ2) is 3.49. The Morgan fingerprint density at radius 2 is 2.33 bits per heavy atom. The molecule has 0 aromatic heterocycles. The molecule has 1 rings (SSSR count). The van der Waals surface area contributed by atoms with E-state index in [2.05, 4.69) is 0 Å². The predicted octanol–water partition coefficient (Wildman–Crippen LogP) is 0.420. The summed E-state index contributed by atoms with van der Waals surface area (Å²) in [6.07, 6.45) is 1.54. The number of carbonyl (C=O) groups is 2. The number of esters is 1. The number of carbonyl (C=O) groups excluding carboxylic acids is 2. The van der Waals surface area contributed by atoms with Gasteiger partial charge in [-0.15, -0.1) is 0 Å². The van der Waals surface area contributed by atoms with Gasteiger partial charge in [0.2, 0.25) is 6.29 Å². The standard InChI is InChI=1S/C8H10O4/c1-5-7(10)3-4-8(11-5)12-6(2)9/h3-5,8H,1-2H3/t5-,8-/m0/s1. The van der Waals surface area contributed by atoms with Gasteiger partial charge in [0.1, 0.15) is 6.10 Å². The van der Waals surface area contributed by atoms with Gasteiger partial charge in [-0.1, -0.05) is 0 Å². The minimum atomic E-state index is -0.713. The maximum absolute atomic E-state index is 10.9. The quantitative estimate of drug-likeness (QED) is 0.535. The van der Waals surface area contributed by atoms with Gasteiger partial charge in [0.05, 0.1) is 0 Å². The van der Waals surface area contributed by atoms with Crippen LogP contribution in [0.4, 0.5) is 0 Å². The molecular formula is C8H10O4. The summed E-state index contributed by atoms with van der Waals surface area (Å²) in [5.41, 5.74) is 0. The van der Waals surface area contributed by atoms with Gasteiger partial charge in [-0.25, -0.2) is 0 Å². The Kier molecular flexibility index (Phi) is 2.60. The van der Waals surface area contributed by atoms with Crippen molar-refractivity contribution in [2.45, 2.75) is 26.2 Å². The summed E-state index contributed by atoms with van der Waals surface area (Å²) in [5.74, 6) is -0.537. The van der Waals surface area contributed by atoms with Crippen molar-refractivity contribution in [3.8, 4) is 0 Å². The van der Waals surface area contributed by atoms with Crippen molar-refractivity contribution in [3.05, 3.63) is 12.2 Å². The fourth-order valence-corrected chi connectivity index (χ4v) is 0.853. The van der Waals surface area contributed by atoms with E-state index in [-0.39, 0.29) is 5.78 Å². The van der Waals surface area contributed by atoms with Gasteiger partial charge in [-0.2, -0.15) is 0 Å². The van der Waals surface area contributed by atoms with Crippen LogP contribution in [0, 0.1) is 0 Å². The maximum Gasteiger partial charge on any atom is 0.305 e. The third-order valence-corrected chi connectivity index (χ3v) is 1.44. The van der Waals surface area contributed by atoms with Crippen molar-refractivity contribution in [1.29, 1.82) is 0 Å². The summed E-state index contributed by atoms with van der Waals surface area (Å²) >= 11 is 0. The minimum absolute atomic E-state index is 0.113. The van der Waals surface area contributed by atoms with E-state index >= 15 is 0 Å². The van der Waals surface area contributed by atoms with Gasteiger partial charge < -0.3 is 9.47 Å². The molecular weight excluding hydrogens is 160 g/mol. The Morgan fingerprint density at radius 3 is 2.83 bits per heavy atom. The molecule has 0 aliphatic carbocycles. The van der Waals surface area contributed by atoms with Crippen LogP contribution in [-0.2, 0) is 19.1 Å². The first-order valence-corrected chi connectivity index (χ1v) is 3.64. The summed E-state index contributed by atoms with van der Waals surface area (Å²) in [7, 11) is 0. The molecule has 12 heavy (non-hydrogen) atoms. The summed E-state index contributed by atoms with van der Waals surface area (Å²) in [4.78, 5) is 21.4. The topological polar surface area (TPSA) is 52.6 Å². The molecule has 2 atom stereocenters. The SMILES string of the molecule is CC(=O)O[C@H]1C=CC(=O)[C@H](C)O1. The van der Waals surface area contributed by atoms with Crippen LogP contribution in [-0.4, -0.2) is 24.1 Å². The van der Waals surface area contributed by atoms with Crippen molar-refractivity contribution in [2.75, 3.05) is 0 Å². The van der Waals surface area contributed by atoms with E-state index in [0.29, 0.717) is 0 Å². The van der Waals surface area contributed by atoms with Crippen molar-refractivity contribution in [3.63, 3.8) is 0 Å². The Balaban J connectivity index is 2.55. The first-order chi connectivity index (χ1) is 5.59. The monoisotopic (exact) mass is 170 g/mol. The first kappa shape index (κ1) is 8.93. The molecule has 0 unspecified atom stereocenters. The lowest BCUT2D eigenvalue weighted by Crippen LogP contribution is -2.31. The van der Waals surface area contributed by atoms with Gasteiger partial charge in [0.15, 0.2) is 5.78 Å². The van der Waals surface area contributed by atoms with Crippen molar-refractivity contribution in [1.82, 2.24) is 0 Å². The third kappa shape index (κ3) is 2.17. The summed E-state index contributed by atoms with van der Waals surface area (Å²) in [6, 6.07) is 0. The van der Waals surface area contributed by atoms with Crippen LogP contribution in [0.5, 0.6) is 0 Å². The first-order valence-electron chi connectivity index (χ1n) is 3.64. The van der Waals surface area contributed by atoms with Crippen LogP contribution >= 0.6 is 0 Å². The molecule has 1 aliphatic rings. The highest BCUT2D eigenvalue weighted by Crippen LogP contribution is 2.09. The maximum atomic E-state index is 10.9. The number of hydrogen-bond acceptors (Lipinski definition) is 4. The number of ketones is 1. The highest BCUT2D eigenvalue weighted by atomic mass is 16.7. The zero-order chi connectivity index (χ0) is 9.14. The Bertz CT molecular complexity index is 231. The Labute approximate surface area is 70.1 Å². The second-order valence-electron chi connectivity index (χ2n) is 2.52. The molecule has 0 radical (unpaired) electrons. The number of hydrogen-bond donors (Lipinski definition) is 0. The molecule has 0 N–H and O–H groups in total. The summed E-state index contributed by atoms with van der Waals surface area (Å²) < 4.78 is 9.74. The van der Waals surface area contributed by atoms with Crippen molar-refractivity contribution in [2.24, 2.45) is 0 Å². The lowest BCUT2D eigenvalue weighted by atomic mass is 10.2. The fraction of sp³-hybridized carbons (Fsp3) is 0.500. The lowest BCUT2D eigenvalue weighted by molar-refractivity contribution is -0.178. The molecule has 1 heterocycles. The normalized spacial score (nSPS) is 28.7. The van der Waals surface area contributed by atoms with E-state index in [9.17, 15) is 9.59 Å². The predicted molar refractivity (Wildman–Crippen MR) is 40.2 cm³/mol. The Hall–Kier alpha value is -1.16. The molecule has 0 spiro atoms. The fourth-order valence-electron chi connectivity index (χ4n) is 0.853. The Morgan fingerprint density at radius 1 is 1.67 bits per heavy atom. The molecule has 0 aromatic carbocycles. The third-order valence-electron chi connectivity index (χ3n) is 1.44. The van der Waals surface area contributed by atoms with Crippen LogP contribution in [0.15, 0.2) is 12.2 Å². The smallest absolute Gasteiger partial charge is 0.305 e. The highest BCUT2D eigenvalue weighted by molar-refractivity contribution is 5.93. The minimum Gasteiger partial charge on any atom is -0.432 e. The number of ether oxygens (including phenoxy) is 2. The molecule has 66 valence electrons. The molecule has 4 heteroatoms. The van der Waals surface area contributed by atoms with Crippen molar-refractivity contribution < 1.29 is 19.1 Å². The van der Waals surface area contributed by atoms with Crippen LogP contribution in [0.2, 0.25) is 0 Å². The van der Waals surface area contributed by atoms with E-state index in [1.54, 1.807) is 6.92 Å². The van der Waals surface area contributed by atoms with E-state index in [0.717, 1.165) is 0 Å². The zero-order valence-electron chi connectivity index (χ0n) is 6.94. The largest absolute Gasteiger partial charge is 0.432 e. The van der Waals surface area contributed by atoms with Gasteiger partial charge in [-0.05, 0) is 19.1 Å². The van der Waals surface area contributed by atoms with Gasteiger partial charge in [0, 0.05) is 6.92 Å². The van der Waals surface area contributed by atoms with E-state index in [1.165, 1.54) is 19.1 Å². The van der Waals surface area contributed by atoms with E-state index in [4.69, 9.17) is 9.47 Å². The second-order valence-corrected chi connectivity index (χ2v) is 2.52. The molecule has 0 aromatic rings. The average molecular weight is 170 g/mol. The number of rotatable bonds is 1. The zero-order valence-corrected chi connectivity index (χ0v) is 6.94. The lowest BCUT2D eigenvalue weighted by Gasteiger charge is -2.21. The van der Waals surface area contributed by atoms with Gasteiger partial charge in [0.25, 0.3) is 0 Å². The van der Waals surface area contributed by atoms with Crippen molar-refractivity contribution >= 4 is 11.8 Å². The molecule has 0 saturated carbocycles. The summed E-state index contributed by atoms with van der Waals surface area (Å²) in [5, 5.41) is 0.